The Kier molecular flexibility index (Phi) is 5.44. The van der Waals surface area contributed by atoms with Crippen LogP contribution in [0.15, 0.2) is 30.3 Å². The van der Waals surface area contributed by atoms with Gasteiger partial charge in [-0.1, -0.05) is 18.2 Å². The minimum atomic E-state index is -0.0464. The molecule has 1 aromatic heterocycles. The molecule has 0 bridgehead atoms. The molecule has 1 aliphatic heterocycles. The van der Waals surface area contributed by atoms with Crippen LogP contribution in [0.5, 0.6) is 0 Å². The van der Waals surface area contributed by atoms with Gasteiger partial charge in [0.1, 0.15) is 0 Å². The van der Waals surface area contributed by atoms with Crippen molar-refractivity contribution >= 4 is 17.6 Å². The first-order valence-corrected chi connectivity index (χ1v) is 8.06. The maximum absolute atomic E-state index is 5.79. The average Bonchev–Trinajstić information content (AvgIpc) is 3.03. The number of nitrogens with zero attached hydrogens (tertiary/aromatic N) is 3. The second-order valence-corrected chi connectivity index (χ2v) is 5.52. The van der Waals surface area contributed by atoms with Gasteiger partial charge in [-0.15, -0.1) is 5.10 Å². The van der Waals surface area contributed by atoms with Crippen molar-refractivity contribution < 1.29 is 9.47 Å². The SMILES string of the molecule is Nc1n[nH]c(N(CCCOC2CCCCO2)c2ccccc2)n1. The van der Waals surface area contributed by atoms with Crippen molar-refractivity contribution in [1.82, 2.24) is 15.2 Å². The van der Waals surface area contributed by atoms with Crippen LogP contribution in [0, 0.1) is 0 Å². The van der Waals surface area contributed by atoms with Gasteiger partial charge in [0.05, 0.1) is 6.61 Å². The Bertz CT molecular complexity index is 583. The van der Waals surface area contributed by atoms with Gasteiger partial charge in [-0.25, -0.2) is 5.10 Å². The average molecular weight is 317 g/mol. The normalized spacial score (nSPS) is 18.0. The van der Waals surface area contributed by atoms with E-state index in [1.165, 1.54) is 6.42 Å². The summed E-state index contributed by atoms with van der Waals surface area (Å²) in [5.74, 6) is 0.885. The molecule has 1 atom stereocenters. The molecular weight excluding hydrogens is 294 g/mol. The lowest BCUT2D eigenvalue weighted by molar-refractivity contribution is -0.162. The van der Waals surface area contributed by atoms with Crippen LogP contribution >= 0.6 is 0 Å². The van der Waals surface area contributed by atoms with E-state index in [9.17, 15) is 0 Å². The minimum absolute atomic E-state index is 0.0464. The Hall–Kier alpha value is -2.12. The van der Waals surface area contributed by atoms with Gasteiger partial charge in [-0.2, -0.15) is 4.98 Å². The first-order valence-electron chi connectivity index (χ1n) is 8.06. The Morgan fingerprint density at radius 1 is 1.30 bits per heavy atom. The molecule has 7 nitrogen and oxygen atoms in total. The number of nitrogens with one attached hydrogen (secondary N) is 1. The fourth-order valence-corrected chi connectivity index (χ4v) is 2.63. The number of hydrogen-bond acceptors (Lipinski definition) is 6. The van der Waals surface area contributed by atoms with Crippen LogP contribution < -0.4 is 10.6 Å². The van der Waals surface area contributed by atoms with E-state index >= 15 is 0 Å². The third-order valence-corrected chi connectivity index (χ3v) is 3.78. The molecule has 1 unspecified atom stereocenters. The molecule has 23 heavy (non-hydrogen) atoms. The van der Waals surface area contributed by atoms with E-state index < -0.39 is 0 Å². The number of ether oxygens (including phenoxy) is 2. The zero-order valence-electron chi connectivity index (χ0n) is 13.1. The van der Waals surface area contributed by atoms with Crippen molar-refractivity contribution in [3.63, 3.8) is 0 Å². The molecule has 0 radical (unpaired) electrons. The molecule has 1 fully saturated rings. The number of nitrogens with two attached hydrogens (primary N) is 1. The second kappa shape index (κ2) is 7.94. The minimum Gasteiger partial charge on any atom is -0.366 e. The molecule has 1 aromatic carbocycles. The number of aromatic nitrogens is 3. The van der Waals surface area contributed by atoms with E-state index in [0.717, 1.165) is 38.1 Å². The molecule has 0 spiro atoms. The Morgan fingerprint density at radius 3 is 2.87 bits per heavy atom. The first kappa shape index (κ1) is 15.8. The van der Waals surface area contributed by atoms with E-state index in [-0.39, 0.29) is 12.2 Å². The van der Waals surface area contributed by atoms with E-state index in [2.05, 4.69) is 20.1 Å². The molecular formula is C16H23N5O2. The van der Waals surface area contributed by atoms with Gasteiger partial charge in [0.25, 0.3) is 0 Å². The molecule has 0 saturated carbocycles. The summed E-state index contributed by atoms with van der Waals surface area (Å²) in [5.41, 5.74) is 6.66. The molecule has 2 aromatic rings. The summed E-state index contributed by atoms with van der Waals surface area (Å²) in [7, 11) is 0. The van der Waals surface area contributed by atoms with E-state index in [1.807, 2.05) is 30.3 Å². The predicted molar refractivity (Wildman–Crippen MR) is 88.4 cm³/mol. The smallest absolute Gasteiger partial charge is 0.241 e. The summed E-state index contributed by atoms with van der Waals surface area (Å²) in [6.07, 6.45) is 4.11. The molecule has 7 heteroatoms. The molecule has 0 amide bonds. The number of H-pyrrole nitrogens is 1. The maximum atomic E-state index is 5.79. The van der Waals surface area contributed by atoms with E-state index in [1.54, 1.807) is 0 Å². The van der Waals surface area contributed by atoms with Crippen molar-refractivity contribution in [3.05, 3.63) is 30.3 Å². The van der Waals surface area contributed by atoms with Crippen LogP contribution in [-0.4, -0.2) is 41.2 Å². The van der Waals surface area contributed by atoms with Crippen LogP contribution in [-0.2, 0) is 9.47 Å². The third-order valence-electron chi connectivity index (χ3n) is 3.78. The Labute approximate surface area is 135 Å². The van der Waals surface area contributed by atoms with Gasteiger partial charge in [0.2, 0.25) is 11.9 Å². The fourth-order valence-electron chi connectivity index (χ4n) is 2.63. The van der Waals surface area contributed by atoms with Crippen LogP contribution in [0.4, 0.5) is 17.6 Å². The summed E-state index contributed by atoms with van der Waals surface area (Å²) in [6, 6.07) is 10.0. The van der Waals surface area contributed by atoms with Gasteiger partial charge in [0.15, 0.2) is 6.29 Å². The summed E-state index contributed by atoms with van der Waals surface area (Å²) in [4.78, 5) is 6.28. The second-order valence-electron chi connectivity index (χ2n) is 5.52. The number of nitrogen functional groups attached to an aromatic ring is 1. The predicted octanol–water partition coefficient (Wildman–Crippen LogP) is 2.46. The summed E-state index contributed by atoms with van der Waals surface area (Å²) in [6.45, 7) is 2.21. The lowest BCUT2D eigenvalue weighted by atomic mass is 10.2. The van der Waals surface area contributed by atoms with Crippen LogP contribution in [0.25, 0.3) is 0 Å². The number of para-hydroxylation sites is 1. The van der Waals surface area contributed by atoms with E-state index in [0.29, 0.717) is 12.6 Å². The van der Waals surface area contributed by atoms with Crippen LogP contribution in [0.2, 0.25) is 0 Å². The third kappa shape index (κ3) is 4.43. The molecule has 124 valence electrons. The summed E-state index contributed by atoms with van der Waals surface area (Å²) in [5, 5.41) is 6.78. The quantitative estimate of drug-likeness (QED) is 0.763. The standard InChI is InChI=1S/C16H23N5O2/c17-15-18-16(20-19-15)21(13-7-2-1-3-8-13)10-6-12-23-14-9-4-5-11-22-14/h1-3,7-8,14H,4-6,9-12H2,(H3,17,18,19,20). The highest BCUT2D eigenvalue weighted by Crippen LogP contribution is 2.22. The molecule has 1 saturated heterocycles. The largest absolute Gasteiger partial charge is 0.366 e. The molecule has 0 aliphatic carbocycles. The summed E-state index contributed by atoms with van der Waals surface area (Å²) < 4.78 is 11.4. The zero-order valence-corrected chi connectivity index (χ0v) is 13.1. The Balaban J connectivity index is 1.56. The fraction of sp³-hybridized carbons (Fsp3) is 0.500. The highest BCUT2D eigenvalue weighted by atomic mass is 16.7. The highest BCUT2D eigenvalue weighted by molar-refractivity contribution is 5.57. The van der Waals surface area contributed by atoms with Crippen molar-refractivity contribution in [2.24, 2.45) is 0 Å². The van der Waals surface area contributed by atoms with Crippen LogP contribution in [0.1, 0.15) is 25.7 Å². The topological polar surface area (TPSA) is 89.3 Å². The summed E-state index contributed by atoms with van der Waals surface area (Å²) >= 11 is 0. The van der Waals surface area contributed by atoms with Crippen molar-refractivity contribution in [1.29, 1.82) is 0 Å². The van der Waals surface area contributed by atoms with Crippen molar-refractivity contribution in [2.45, 2.75) is 32.0 Å². The van der Waals surface area contributed by atoms with Gasteiger partial charge < -0.3 is 20.1 Å². The lowest BCUT2D eigenvalue weighted by Gasteiger charge is -2.24. The first-order chi connectivity index (χ1) is 11.3. The maximum Gasteiger partial charge on any atom is 0.241 e. The Morgan fingerprint density at radius 2 is 2.17 bits per heavy atom. The number of rotatable bonds is 7. The number of benzene rings is 1. The van der Waals surface area contributed by atoms with Crippen LogP contribution in [0.3, 0.4) is 0 Å². The van der Waals surface area contributed by atoms with Crippen molar-refractivity contribution in [2.75, 3.05) is 30.4 Å². The molecule has 3 N–H and O–H groups in total. The number of hydrogen-bond donors (Lipinski definition) is 2. The van der Waals surface area contributed by atoms with Gasteiger partial charge >= 0.3 is 0 Å². The van der Waals surface area contributed by atoms with Crippen molar-refractivity contribution in [3.8, 4) is 0 Å². The van der Waals surface area contributed by atoms with Gasteiger partial charge in [-0.3, -0.25) is 0 Å². The number of anilines is 3. The van der Waals surface area contributed by atoms with E-state index in [4.69, 9.17) is 15.2 Å². The number of aromatic amines is 1. The molecule has 3 rings (SSSR count). The zero-order chi connectivity index (χ0) is 15.9. The van der Waals surface area contributed by atoms with Gasteiger partial charge in [-0.05, 0) is 37.8 Å². The highest BCUT2D eigenvalue weighted by Gasteiger charge is 2.15. The molecule has 2 heterocycles. The lowest BCUT2D eigenvalue weighted by Crippen LogP contribution is -2.25. The van der Waals surface area contributed by atoms with Gasteiger partial charge in [0, 0.05) is 18.8 Å². The monoisotopic (exact) mass is 317 g/mol. The molecule has 1 aliphatic rings.